The van der Waals surface area contributed by atoms with Crippen LogP contribution in [0.25, 0.3) is 0 Å². The molecule has 1 aliphatic heterocycles. The van der Waals surface area contributed by atoms with E-state index < -0.39 is 0 Å². The van der Waals surface area contributed by atoms with Gasteiger partial charge in [0.2, 0.25) is 5.88 Å². The number of anilines is 1. The molecule has 0 unspecified atom stereocenters. The number of hydrogen-bond acceptors (Lipinski definition) is 5. The van der Waals surface area contributed by atoms with E-state index in [-0.39, 0.29) is 5.82 Å². The Labute approximate surface area is 168 Å². The van der Waals surface area contributed by atoms with Gasteiger partial charge in [-0.15, -0.1) is 0 Å². The Balaban J connectivity index is 1.41. The summed E-state index contributed by atoms with van der Waals surface area (Å²) in [5.41, 5.74) is 1.88. The van der Waals surface area contributed by atoms with Gasteiger partial charge in [0.1, 0.15) is 11.6 Å². The first-order chi connectivity index (χ1) is 14.2. The van der Waals surface area contributed by atoms with Gasteiger partial charge in [0, 0.05) is 55.8 Å². The van der Waals surface area contributed by atoms with E-state index in [4.69, 9.17) is 4.74 Å². The number of piperazine rings is 1. The molecular weight excluding hydrogens is 371 g/mol. The average Bonchev–Trinajstić information content (AvgIpc) is 2.77. The zero-order chi connectivity index (χ0) is 20.1. The monoisotopic (exact) mass is 392 g/mol. The van der Waals surface area contributed by atoms with Gasteiger partial charge in [-0.05, 0) is 30.3 Å². The maximum absolute atomic E-state index is 13.3. The molecule has 1 N–H and O–H groups in total. The standard InChI is InChI=1S/C22H21FN4O2/c23-18-5-4-8-20(15-18)29-21-10-9-17(16-24-21)22(25-28)27-13-11-26(12-14-27)19-6-2-1-3-7-19/h1-10,15-16,28H,11-14H2/b25-22-. The summed E-state index contributed by atoms with van der Waals surface area (Å²) < 4.78 is 18.8. The fourth-order valence-electron chi connectivity index (χ4n) is 3.34. The van der Waals surface area contributed by atoms with E-state index >= 15 is 0 Å². The molecule has 1 aromatic heterocycles. The lowest BCUT2D eigenvalue weighted by Crippen LogP contribution is -2.49. The summed E-state index contributed by atoms with van der Waals surface area (Å²) >= 11 is 0. The highest BCUT2D eigenvalue weighted by Gasteiger charge is 2.22. The first-order valence-electron chi connectivity index (χ1n) is 9.40. The Morgan fingerprint density at radius 3 is 2.41 bits per heavy atom. The Bertz CT molecular complexity index is 972. The van der Waals surface area contributed by atoms with Crippen molar-refractivity contribution in [3.63, 3.8) is 0 Å². The van der Waals surface area contributed by atoms with Gasteiger partial charge >= 0.3 is 0 Å². The largest absolute Gasteiger partial charge is 0.439 e. The number of hydrogen-bond donors (Lipinski definition) is 1. The first kappa shape index (κ1) is 18.7. The molecule has 0 spiro atoms. The number of halogens is 1. The molecule has 2 aromatic carbocycles. The Kier molecular flexibility index (Phi) is 5.56. The number of rotatable bonds is 4. The SMILES string of the molecule is O/N=C(/c1ccc(Oc2cccc(F)c2)nc1)N1CCN(c2ccccc2)CC1. The molecular formula is C22H21FN4O2. The summed E-state index contributed by atoms with van der Waals surface area (Å²) in [5.74, 6) is 0.815. The molecule has 29 heavy (non-hydrogen) atoms. The summed E-state index contributed by atoms with van der Waals surface area (Å²) in [7, 11) is 0. The Hall–Kier alpha value is -3.61. The highest BCUT2D eigenvalue weighted by molar-refractivity contribution is 5.98. The number of oxime groups is 1. The van der Waals surface area contributed by atoms with Gasteiger partial charge in [-0.3, -0.25) is 0 Å². The molecule has 0 saturated carbocycles. The van der Waals surface area contributed by atoms with Crippen molar-refractivity contribution in [2.45, 2.75) is 0 Å². The third kappa shape index (κ3) is 4.45. The van der Waals surface area contributed by atoms with E-state index in [9.17, 15) is 9.60 Å². The molecule has 0 aliphatic carbocycles. The van der Waals surface area contributed by atoms with Crippen LogP contribution in [0, 0.1) is 5.82 Å². The minimum Gasteiger partial charge on any atom is -0.439 e. The average molecular weight is 392 g/mol. The van der Waals surface area contributed by atoms with Crippen molar-refractivity contribution >= 4 is 11.5 Å². The van der Waals surface area contributed by atoms with Crippen LogP contribution in [-0.2, 0) is 0 Å². The third-order valence-electron chi connectivity index (χ3n) is 4.81. The molecule has 7 heteroatoms. The fraction of sp³-hybridized carbons (Fsp3) is 0.182. The second kappa shape index (κ2) is 8.60. The normalized spacial score (nSPS) is 14.7. The lowest BCUT2D eigenvalue weighted by atomic mass is 10.2. The molecule has 1 fully saturated rings. The van der Waals surface area contributed by atoms with Crippen molar-refractivity contribution in [3.8, 4) is 11.6 Å². The van der Waals surface area contributed by atoms with Gasteiger partial charge in [-0.1, -0.05) is 29.4 Å². The molecule has 148 valence electrons. The van der Waals surface area contributed by atoms with Crippen LogP contribution in [0.3, 0.4) is 0 Å². The fourth-order valence-corrected chi connectivity index (χ4v) is 3.34. The maximum Gasteiger partial charge on any atom is 0.219 e. The smallest absolute Gasteiger partial charge is 0.219 e. The summed E-state index contributed by atoms with van der Waals surface area (Å²) in [5, 5.41) is 13.1. The summed E-state index contributed by atoms with van der Waals surface area (Å²) in [4.78, 5) is 8.59. The van der Waals surface area contributed by atoms with Crippen molar-refractivity contribution in [2.24, 2.45) is 5.16 Å². The second-order valence-electron chi connectivity index (χ2n) is 6.68. The van der Waals surface area contributed by atoms with Crippen LogP contribution in [0.2, 0.25) is 0 Å². The van der Waals surface area contributed by atoms with Crippen LogP contribution in [0.1, 0.15) is 5.56 Å². The topological polar surface area (TPSA) is 61.2 Å². The predicted molar refractivity (Wildman–Crippen MR) is 109 cm³/mol. The van der Waals surface area contributed by atoms with Gasteiger partial charge in [0.05, 0.1) is 0 Å². The van der Waals surface area contributed by atoms with Crippen molar-refractivity contribution < 1.29 is 14.3 Å². The van der Waals surface area contributed by atoms with Gasteiger partial charge < -0.3 is 19.7 Å². The lowest BCUT2D eigenvalue weighted by Gasteiger charge is -2.37. The lowest BCUT2D eigenvalue weighted by molar-refractivity contribution is 0.296. The Morgan fingerprint density at radius 2 is 1.76 bits per heavy atom. The number of nitrogens with zero attached hydrogens (tertiary/aromatic N) is 4. The highest BCUT2D eigenvalue weighted by Crippen LogP contribution is 2.21. The quantitative estimate of drug-likeness (QED) is 0.315. The number of amidine groups is 1. The molecule has 2 heterocycles. The van der Waals surface area contributed by atoms with Crippen LogP contribution >= 0.6 is 0 Å². The van der Waals surface area contributed by atoms with Crippen molar-refractivity contribution in [3.05, 3.63) is 84.3 Å². The number of para-hydroxylation sites is 1. The van der Waals surface area contributed by atoms with Crippen LogP contribution in [0.4, 0.5) is 10.1 Å². The number of ether oxygens (including phenoxy) is 1. The van der Waals surface area contributed by atoms with E-state index in [0.717, 1.165) is 26.2 Å². The highest BCUT2D eigenvalue weighted by atomic mass is 19.1. The summed E-state index contributed by atoms with van der Waals surface area (Å²) in [6, 6.07) is 19.6. The van der Waals surface area contributed by atoms with Crippen LogP contribution < -0.4 is 9.64 Å². The molecule has 0 radical (unpaired) electrons. The van der Waals surface area contributed by atoms with Crippen molar-refractivity contribution in [2.75, 3.05) is 31.1 Å². The minimum atomic E-state index is -0.372. The van der Waals surface area contributed by atoms with E-state index in [2.05, 4.69) is 27.2 Å². The van der Waals surface area contributed by atoms with Crippen LogP contribution in [0.5, 0.6) is 11.6 Å². The van der Waals surface area contributed by atoms with E-state index in [1.807, 2.05) is 23.1 Å². The van der Waals surface area contributed by atoms with Crippen LogP contribution in [0.15, 0.2) is 78.1 Å². The molecule has 6 nitrogen and oxygen atoms in total. The van der Waals surface area contributed by atoms with Crippen molar-refractivity contribution in [1.82, 2.24) is 9.88 Å². The van der Waals surface area contributed by atoms with Gasteiger partial charge in [0.25, 0.3) is 0 Å². The molecule has 3 aromatic rings. The zero-order valence-electron chi connectivity index (χ0n) is 15.8. The van der Waals surface area contributed by atoms with Crippen LogP contribution in [-0.4, -0.2) is 47.1 Å². The molecule has 0 amide bonds. The van der Waals surface area contributed by atoms with Crippen molar-refractivity contribution in [1.29, 1.82) is 0 Å². The predicted octanol–water partition coefficient (Wildman–Crippen LogP) is 3.97. The van der Waals surface area contributed by atoms with E-state index in [0.29, 0.717) is 23.0 Å². The summed E-state index contributed by atoms with van der Waals surface area (Å²) in [6.07, 6.45) is 1.59. The van der Waals surface area contributed by atoms with Gasteiger partial charge in [0.15, 0.2) is 5.84 Å². The molecule has 0 atom stereocenters. The van der Waals surface area contributed by atoms with E-state index in [1.165, 1.54) is 17.8 Å². The zero-order valence-corrected chi connectivity index (χ0v) is 15.8. The summed E-state index contributed by atoms with van der Waals surface area (Å²) in [6.45, 7) is 3.13. The molecule has 4 rings (SSSR count). The second-order valence-corrected chi connectivity index (χ2v) is 6.68. The molecule has 0 bridgehead atoms. The number of aromatic nitrogens is 1. The molecule has 1 aliphatic rings. The third-order valence-corrected chi connectivity index (χ3v) is 4.81. The number of benzene rings is 2. The molecule has 1 saturated heterocycles. The number of pyridine rings is 1. The van der Waals surface area contributed by atoms with E-state index in [1.54, 1.807) is 30.5 Å². The maximum atomic E-state index is 13.3. The Morgan fingerprint density at radius 1 is 0.966 bits per heavy atom. The minimum absolute atomic E-state index is 0.338. The first-order valence-corrected chi connectivity index (χ1v) is 9.40. The van der Waals surface area contributed by atoms with Gasteiger partial charge in [-0.2, -0.15) is 0 Å². The van der Waals surface area contributed by atoms with Gasteiger partial charge in [-0.25, -0.2) is 9.37 Å².